The van der Waals surface area contributed by atoms with Crippen LogP contribution < -0.4 is 5.32 Å². The van der Waals surface area contributed by atoms with E-state index in [2.05, 4.69) is 33.0 Å². The van der Waals surface area contributed by atoms with Crippen LogP contribution in [0.25, 0.3) is 0 Å². The minimum absolute atomic E-state index is 0.0938. The number of ether oxygens (including phenoxy) is 1. The first-order valence-electron chi connectivity index (χ1n) is 7.12. The zero-order valence-corrected chi connectivity index (χ0v) is 13.4. The number of nitrogens with one attached hydrogen (secondary N) is 1. The van der Waals surface area contributed by atoms with Gasteiger partial charge in [0, 0.05) is 23.9 Å². The molecule has 0 bridgehead atoms. The molecule has 1 N–H and O–H groups in total. The Bertz CT molecular complexity index is 383. The molecule has 0 aromatic heterocycles. The molecule has 0 amide bonds. The van der Waals surface area contributed by atoms with Crippen molar-refractivity contribution in [1.29, 1.82) is 0 Å². The largest absolute Gasteiger partial charge is 0.347 e. The maximum atomic E-state index is 12.7. The van der Waals surface area contributed by atoms with Gasteiger partial charge in [0.15, 0.2) is 5.78 Å². The second-order valence-corrected chi connectivity index (χ2v) is 8.07. The summed E-state index contributed by atoms with van der Waals surface area (Å²) >= 11 is 0. The van der Waals surface area contributed by atoms with Crippen molar-refractivity contribution in [3.63, 3.8) is 0 Å². The zero-order chi connectivity index (χ0) is 14.7. The molecule has 0 unspecified atom stereocenters. The summed E-state index contributed by atoms with van der Waals surface area (Å²) in [5.74, 6) is 0.219. The van der Waals surface area contributed by atoms with Gasteiger partial charge in [-0.05, 0) is 48.6 Å². The van der Waals surface area contributed by atoms with E-state index in [0.29, 0.717) is 6.54 Å². The summed E-state index contributed by atoms with van der Waals surface area (Å²) in [7, 11) is 1.95. The Labute approximate surface area is 116 Å². The molecule has 2 aliphatic rings. The summed E-state index contributed by atoms with van der Waals surface area (Å²) in [6.45, 7) is 13.2. The first-order valence-corrected chi connectivity index (χ1v) is 7.12. The Morgan fingerprint density at radius 2 is 1.53 bits per heavy atom. The fourth-order valence-corrected chi connectivity index (χ4v) is 3.93. The lowest BCUT2D eigenvalue weighted by Gasteiger charge is -2.57. The number of Topliss-reactive ketones (excluding diaryl/α,β-unsaturated/α-hetero) is 1. The molecule has 0 aliphatic carbocycles. The number of carbonyl (C=O) groups is 1. The highest BCUT2D eigenvalue weighted by Crippen LogP contribution is 2.44. The van der Waals surface area contributed by atoms with Crippen molar-refractivity contribution in [3.05, 3.63) is 0 Å². The monoisotopic (exact) mass is 268 g/mol. The van der Waals surface area contributed by atoms with Crippen LogP contribution in [0.2, 0.25) is 0 Å². The Hall–Kier alpha value is -0.450. The molecule has 2 rings (SSSR count). The number of piperidine rings is 1. The first kappa shape index (κ1) is 14.9. The topological polar surface area (TPSA) is 41.6 Å². The third-order valence-electron chi connectivity index (χ3n) is 4.39. The van der Waals surface area contributed by atoms with Crippen LogP contribution in [-0.2, 0) is 9.53 Å². The van der Waals surface area contributed by atoms with Crippen molar-refractivity contribution in [2.75, 3.05) is 13.6 Å². The van der Waals surface area contributed by atoms with Crippen LogP contribution >= 0.6 is 0 Å². The number of likely N-dealkylation sites (N-methyl/N-ethyl adjacent to an activating group) is 1. The van der Waals surface area contributed by atoms with Crippen LogP contribution in [0.1, 0.15) is 54.4 Å². The van der Waals surface area contributed by atoms with E-state index in [1.165, 1.54) is 0 Å². The van der Waals surface area contributed by atoms with Crippen LogP contribution in [-0.4, -0.2) is 46.7 Å². The van der Waals surface area contributed by atoms with E-state index in [9.17, 15) is 4.79 Å². The molecular formula is C15H28N2O2. The lowest BCUT2D eigenvalue weighted by atomic mass is 9.70. The minimum Gasteiger partial charge on any atom is -0.347 e. The van der Waals surface area contributed by atoms with Crippen LogP contribution in [0.4, 0.5) is 0 Å². The highest BCUT2D eigenvalue weighted by atomic mass is 16.5. The third-order valence-corrected chi connectivity index (χ3v) is 4.39. The maximum Gasteiger partial charge on any atom is 0.178 e. The van der Waals surface area contributed by atoms with Crippen molar-refractivity contribution < 1.29 is 9.53 Å². The molecule has 0 saturated carbocycles. The lowest BCUT2D eigenvalue weighted by molar-refractivity contribution is -0.246. The lowest BCUT2D eigenvalue weighted by Crippen LogP contribution is -2.72. The number of carbonyl (C=O) groups excluding carboxylic acids is 1. The van der Waals surface area contributed by atoms with Gasteiger partial charge < -0.3 is 10.1 Å². The molecular weight excluding hydrogens is 240 g/mol. The van der Waals surface area contributed by atoms with Gasteiger partial charge in [0.2, 0.25) is 0 Å². The fraction of sp³-hybridized carbons (Fsp3) is 0.933. The smallest absolute Gasteiger partial charge is 0.178 e. The summed E-state index contributed by atoms with van der Waals surface area (Å²) in [6.07, 6.45) is 1.47. The fourth-order valence-electron chi connectivity index (χ4n) is 3.93. The van der Waals surface area contributed by atoms with Crippen molar-refractivity contribution >= 4 is 5.78 Å². The van der Waals surface area contributed by atoms with E-state index in [4.69, 9.17) is 4.74 Å². The van der Waals surface area contributed by atoms with E-state index in [1.54, 1.807) is 0 Å². The Kier molecular flexibility index (Phi) is 3.17. The molecule has 0 radical (unpaired) electrons. The number of rotatable bonds is 0. The standard InChI is InChI=1S/C15H28N2O2/c1-12(2)9-15(10-13(3,4)16-12)11(18)8-17(7)14(5,6)19-15/h16H,8-10H2,1-7H3. The zero-order valence-electron chi connectivity index (χ0n) is 13.4. The average Bonchev–Trinajstić information content (AvgIpc) is 2.08. The molecule has 2 heterocycles. The van der Waals surface area contributed by atoms with E-state index in [-0.39, 0.29) is 16.9 Å². The number of hydrogen-bond donors (Lipinski definition) is 1. The van der Waals surface area contributed by atoms with Crippen molar-refractivity contribution in [1.82, 2.24) is 10.2 Å². The van der Waals surface area contributed by atoms with Gasteiger partial charge in [-0.1, -0.05) is 0 Å². The van der Waals surface area contributed by atoms with Gasteiger partial charge >= 0.3 is 0 Å². The van der Waals surface area contributed by atoms with Gasteiger partial charge in [0.05, 0.1) is 6.54 Å². The molecule has 1 spiro atoms. The summed E-state index contributed by atoms with van der Waals surface area (Å²) in [5.41, 5.74) is -1.22. The van der Waals surface area contributed by atoms with Crippen molar-refractivity contribution in [2.45, 2.75) is 76.8 Å². The van der Waals surface area contributed by atoms with Crippen LogP contribution in [0.3, 0.4) is 0 Å². The molecule has 0 atom stereocenters. The Balaban J connectivity index is 2.38. The maximum absolute atomic E-state index is 12.7. The summed E-state index contributed by atoms with van der Waals surface area (Å²) in [6, 6.07) is 0. The van der Waals surface area contributed by atoms with Crippen LogP contribution in [0, 0.1) is 0 Å². The molecule has 4 heteroatoms. The third kappa shape index (κ3) is 2.71. The SMILES string of the molecule is CN1CC(=O)C2(CC(C)(C)NC(C)(C)C2)OC1(C)C. The van der Waals surface area contributed by atoms with E-state index in [1.807, 2.05) is 25.8 Å². The van der Waals surface area contributed by atoms with E-state index < -0.39 is 11.3 Å². The van der Waals surface area contributed by atoms with E-state index in [0.717, 1.165) is 12.8 Å². The van der Waals surface area contributed by atoms with Gasteiger partial charge in [-0.3, -0.25) is 9.69 Å². The normalized spacial score (nSPS) is 32.5. The number of nitrogens with zero attached hydrogens (tertiary/aromatic N) is 1. The quantitative estimate of drug-likeness (QED) is 0.729. The molecule has 110 valence electrons. The summed E-state index contributed by atoms with van der Waals surface area (Å²) in [5, 5.41) is 3.62. The highest BCUT2D eigenvalue weighted by molar-refractivity contribution is 5.90. The number of hydrogen-bond acceptors (Lipinski definition) is 4. The highest BCUT2D eigenvalue weighted by Gasteiger charge is 2.57. The molecule has 0 aromatic carbocycles. The van der Waals surface area contributed by atoms with E-state index >= 15 is 0 Å². The van der Waals surface area contributed by atoms with Crippen LogP contribution in [0.5, 0.6) is 0 Å². The van der Waals surface area contributed by atoms with Gasteiger partial charge in [-0.25, -0.2) is 0 Å². The van der Waals surface area contributed by atoms with Gasteiger partial charge in [0.1, 0.15) is 11.3 Å². The summed E-state index contributed by atoms with van der Waals surface area (Å²) in [4.78, 5) is 14.6. The average molecular weight is 268 g/mol. The molecule has 2 fully saturated rings. The molecule has 4 nitrogen and oxygen atoms in total. The van der Waals surface area contributed by atoms with Crippen molar-refractivity contribution in [2.24, 2.45) is 0 Å². The Morgan fingerprint density at radius 1 is 1.05 bits per heavy atom. The van der Waals surface area contributed by atoms with Crippen molar-refractivity contribution in [3.8, 4) is 0 Å². The number of ketones is 1. The second kappa shape index (κ2) is 4.03. The van der Waals surface area contributed by atoms with Gasteiger partial charge in [0.25, 0.3) is 0 Å². The van der Waals surface area contributed by atoms with Crippen LogP contribution in [0.15, 0.2) is 0 Å². The van der Waals surface area contributed by atoms with Gasteiger partial charge in [-0.15, -0.1) is 0 Å². The second-order valence-electron chi connectivity index (χ2n) is 8.07. The predicted octanol–water partition coefficient (Wildman–Crippen LogP) is 1.93. The molecule has 2 saturated heterocycles. The predicted molar refractivity (Wildman–Crippen MR) is 76.1 cm³/mol. The molecule has 19 heavy (non-hydrogen) atoms. The Morgan fingerprint density at radius 3 is 2.00 bits per heavy atom. The summed E-state index contributed by atoms with van der Waals surface area (Å²) < 4.78 is 6.33. The van der Waals surface area contributed by atoms with Gasteiger partial charge in [-0.2, -0.15) is 0 Å². The molecule has 0 aromatic rings. The molecule has 2 aliphatic heterocycles. The first-order chi connectivity index (χ1) is 8.38. The minimum atomic E-state index is -0.645.